The van der Waals surface area contributed by atoms with E-state index in [-0.39, 0.29) is 17.1 Å². The highest BCUT2D eigenvalue weighted by Gasteiger charge is 2.21. The molecule has 0 bridgehead atoms. The molecule has 108 valence electrons. The van der Waals surface area contributed by atoms with Crippen LogP contribution in [0, 0.1) is 0 Å². The lowest BCUT2D eigenvalue weighted by atomic mass is 10.1. The number of aromatic hydroxyl groups is 1. The lowest BCUT2D eigenvalue weighted by molar-refractivity contribution is 0.0680. The summed E-state index contributed by atoms with van der Waals surface area (Å²) in [5.41, 5.74) is 0.437. The van der Waals surface area contributed by atoms with Gasteiger partial charge in [-0.15, -0.1) is 0 Å². The van der Waals surface area contributed by atoms with Gasteiger partial charge >= 0.3 is 11.9 Å². The highest BCUT2D eigenvalue weighted by Crippen LogP contribution is 2.32. The Morgan fingerprint density at radius 2 is 1.76 bits per heavy atom. The second-order valence-corrected chi connectivity index (χ2v) is 4.35. The molecule has 2 N–H and O–H groups in total. The summed E-state index contributed by atoms with van der Waals surface area (Å²) in [5.74, 6) is -2.10. The van der Waals surface area contributed by atoms with Gasteiger partial charge in [0.25, 0.3) is 0 Å². The summed E-state index contributed by atoms with van der Waals surface area (Å²) in [6.07, 6.45) is 0.338. The number of aromatic carboxylic acids is 1. The molecule has 0 unspecified atom stereocenters. The van der Waals surface area contributed by atoms with Crippen molar-refractivity contribution in [1.29, 1.82) is 0 Å². The van der Waals surface area contributed by atoms with Crippen molar-refractivity contribution in [2.24, 2.45) is 0 Å². The van der Waals surface area contributed by atoms with Crippen molar-refractivity contribution in [2.45, 2.75) is 13.3 Å². The van der Waals surface area contributed by atoms with Crippen LogP contribution >= 0.6 is 0 Å². The predicted molar refractivity (Wildman–Crippen MR) is 75.8 cm³/mol. The SMILES string of the molecule is CCc1c(O)ccc(C(=O)O)c1OC(=O)c1ccccc1. The zero-order valence-electron chi connectivity index (χ0n) is 11.4. The molecule has 0 amide bonds. The van der Waals surface area contributed by atoms with E-state index in [9.17, 15) is 19.8 Å². The molecule has 0 spiro atoms. The van der Waals surface area contributed by atoms with E-state index in [1.54, 1.807) is 37.3 Å². The molecule has 5 nitrogen and oxygen atoms in total. The minimum atomic E-state index is -1.22. The highest BCUT2D eigenvalue weighted by molar-refractivity contribution is 5.96. The number of hydrogen-bond acceptors (Lipinski definition) is 4. The largest absolute Gasteiger partial charge is 0.508 e. The van der Waals surface area contributed by atoms with Crippen molar-refractivity contribution in [1.82, 2.24) is 0 Å². The summed E-state index contributed by atoms with van der Waals surface area (Å²) in [6.45, 7) is 1.74. The first-order chi connectivity index (χ1) is 10.0. The summed E-state index contributed by atoms with van der Waals surface area (Å²) < 4.78 is 5.22. The van der Waals surface area contributed by atoms with Crippen LogP contribution in [0.5, 0.6) is 11.5 Å². The van der Waals surface area contributed by atoms with E-state index in [1.807, 2.05) is 0 Å². The molecule has 0 aromatic heterocycles. The summed E-state index contributed by atoms with van der Waals surface area (Å²) in [5, 5.41) is 19.0. The topological polar surface area (TPSA) is 83.8 Å². The number of esters is 1. The molecule has 5 heteroatoms. The van der Waals surface area contributed by atoms with Crippen LogP contribution in [0.1, 0.15) is 33.2 Å². The van der Waals surface area contributed by atoms with Gasteiger partial charge < -0.3 is 14.9 Å². The molecule has 0 saturated carbocycles. The van der Waals surface area contributed by atoms with Crippen LogP contribution in [0.15, 0.2) is 42.5 Å². The Balaban J connectivity index is 2.45. The van der Waals surface area contributed by atoms with Gasteiger partial charge in [-0.2, -0.15) is 0 Å². The number of carboxylic acid groups (broad SMARTS) is 1. The first kappa shape index (κ1) is 14.6. The standard InChI is InChI=1S/C16H14O5/c1-2-11-13(17)9-8-12(15(18)19)14(11)21-16(20)10-6-4-3-5-7-10/h3-9,17H,2H2,1H3,(H,18,19). The van der Waals surface area contributed by atoms with Crippen molar-refractivity contribution < 1.29 is 24.5 Å². The van der Waals surface area contributed by atoms with E-state index in [2.05, 4.69) is 0 Å². The Morgan fingerprint density at radius 1 is 1.10 bits per heavy atom. The average Bonchev–Trinajstić information content (AvgIpc) is 2.48. The first-order valence-electron chi connectivity index (χ1n) is 6.40. The molecule has 0 aliphatic carbocycles. The summed E-state index contributed by atoms with van der Waals surface area (Å²) >= 11 is 0. The van der Waals surface area contributed by atoms with Gasteiger partial charge in [0.05, 0.1) is 5.56 Å². The minimum Gasteiger partial charge on any atom is -0.508 e. The average molecular weight is 286 g/mol. The maximum absolute atomic E-state index is 12.1. The van der Waals surface area contributed by atoms with Gasteiger partial charge in [0.15, 0.2) is 5.75 Å². The van der Waals surface area contributed by atoms with Crippen molar-refractivity contribution in [3.8, 4) is 11.5 Å². The van der Waals surface area contributed by atoms with Gasteiger partial charge in [-0.05, 0) is 30.7 Å². The Bertz CT molecular complexity index is 677. The number of carbonyl (C=O) groups excluding carboxylic acids is 1. The third kappa shape index (κ3) is 3.02. The van der Waals surface area contributed by atoms with Gasteiger partial charge in [-0.25, -0.2) is 9.59 Å². The molecule has 0 atom stereocenters. The van der Waals surface area contributed by atoms with Crippen molar-refractivity contribution in [3.05, 3.63) is 59.2 Å². The molecule has 0 aliphatic heterocycles. The van der Waals surface area contributed by atoms with Crippen LogP contribution in [-0.2, 0) is 6.42 Å². The fourth-order valence-corrected chi connectivity index (χ4v) is 1.97. The van der Waals surface area contributed by atoms with E-state index in [1.165, 1.54) is 12.1 Å². The van der Waals surface area contributed by atoms with Gasteiger partial charge in [-0.1, -0.05) is 25.1 Å². The van der Waals surface area contributed by atoms with Gasteiger partial charge in [0.1, 0.15) is 11.3 Å². The zero-order chi connectivity index (χ0) is 15.4. The number of rotatable bonds is 4. The normalized spacial score (nSPS) is 10.1. The summed E-state index contributed by atoms with van der Waals surface area (Å²) in [4.78, 5) is 23.3. The van der Waals surface area contributed by atoms with Crippen LogP contribution in [0.3, 0.4) is 0 Å². The van der Waals surface area contributed by atoms with E-state index >= 15 is 0 Å². The number of phenols is 1. The van der Waals surface area contributed by atoms with E-state index in [0.717, 1.165) is 0 Å². The van der Waals surface area contributed by atoms with Crippen molar-refractivity contribution in [3.63, 3.8) is 0 Å². The molecule has 2 aromatic rings. The zero-order valence-corrected chi connectivity index (χ0v) is 11.4. The molecule has 0 radical (unpaired) electrons. The smallest absolute Gasteiger partial charge is 0.343 e. The van der Waals surface area contributed by atoms with Crippen LogP contribution in [-0.4, -0.2) is 22.2 Å². The first-order valence-corrected chi connectivity index (χ1v) is 6.40. The number of phenolic OH excluding ortho intramolecular Hbond substituents is 1. The molecule has 0 aliphatic rings. The van der Waals surface area contributed by atoms with Crippen LogP contribution in [0.2, 0.25) is 0 Å². The number of ether oxygens (including phenoxy) is 1. The Labute approximate surface area is 121 Å². The fraction of sp³-hybridized carbons (Fsp3) is 0.125. The molecule has 2 aromatic carbocycles. The summed E-state index contributed by atoms with van der Waals surface area (Å²) in [6, 6.07) is 10.7. The van der Waals surface area contributed by atoms with Gasteiger partial charge in [0.2, 0.25) is 0 Å². The van der Waals surface area contributed by atoms with Gasteiger partial charge in [-0.3, -0.25) is 0 Å². The number of carbonyl (C=O) groups is 2. The molecular weight excluding hydrogens is 272 g/mol. The third-order valence-corrected chi connectivity index (χ3v) is 3.02. The molecular formula is C16H14O5. The van der Waals surface area contributed by atoms with E-state index in [4.69, 9.17) is 4.74 Å². The second kappa shape index (κ2) is 6.09. The highest BCUT2D eigenvalue weighted by atomic mass is 16.5. The Hall–Kier alpha value is -2.82. The third-order valence-electron chi connectivity index (χ3n) is 3.02. The van der Waals surface area contributed by atoms with E-state index < -0.39 is 11.9 Å². The van der Waals surface area contributed by atoms with Crippen LogP contribution < -0.4 is 4.74 Å². The lowest BCUT2D eigenvalue weighted by Gasteiger charge is -2.13. The number of hydrogen-bond donors (Lipinski definition) is 2. The van der Waals surface area contributed by atoms with E-state index in [0.29, 0.717) is 17.5 Å². The second-order valence-electron chi connectivity index (χ2n) is 4.35. The Kier molecular flexibility index (Phi) is 4.23. The number of carboxylic acids is 1. The maximum Gasteiger partial charge on any atom is 0.343 e. The monoisotopic (exact) mass is 286 g/mol. The quantitative estimate of drug-likeness (QED) is 0.667. The number of benzene rings is 2. The molecule has 0 heterocycles. The molecule has 0 fully saturated rings. The fourth-order valence-electron chi connectivity index (χ4n) is 1.97. The molecule has 0 saturated heterocycles. The predicted octanol–water partition coefficient (Wildman–Crippen LogP) is 2.87. The Morgan fingerprint density at radius 3 is 2.33 bits per heavy atom. The van der Waals surface area contributed by atoms with Crippen molar-refractivity contribution in [2.75, 3.05) is 0 Å². The minimum absolute atomic E-state index is 0.0987. The van der Waals surface area contributed by atoms with Crippen LogP contribution in [0.4, 0.5) is 0 Å². The molecule has 2 rings (SSSR count). The van der Waals surface area contributed by atoms with Crippen molar-refractivity contribution >= 4 is 11.9 Å². The summed E-state index contributed by atoms with van der Waals surface area (Å²) in [7, 11) is 0. The van der Waals surface area contributed by atoms with Crippen LogP contribution in [0.25, 0.3) is 0 Å². The maximum atomic E-state index is 12.1. The van der Waals surface area contributed by atoms with Gasteiger partial charge in [0, 0.05) is 5.56 Å². The molecule has 21 heavy (non-hydrogen) atoms. The lowest BCUT2D eigenvalue weighted by Crippen LogP contribution is -2.13.